The number of esters is 2. The molecule has 0 heterocycles. The van der Waals surface area contributed by atoms with E-state index in [0.717, 1.165) is 12.8 Å². The SMILES string of the molecule is CCCc1ccc(C(=O)OCC(=O)OCC)cc1. The van der Waals surface area contributed by atoms with Gasteiger partial charge < -0.3 is 9.47 Å². The van der Waals surface area contributed by atoms with Gasteiger partial charge in [0.25, 0.3) is 0 Å². The molecule has 1 aromatic rings. The Kier molecular flexibility index (Phi) is 5.91. The molecule has 4 heteroatoms. The predicted molar refractivity (Wildman–Crippen MR) is 67.4 cm³/mol. The van der Waals surface area contributed by atoms with Crippen molar-refractivity contribution in [1.82, 2.24) is 0 Å². The Labute approximate surface area is 107 Å². The van der Waals surface area contributed by atoms with E-state index in [1.165, 1.54) is 5.56 Å². The average Bonchev–Trinajstić information content (AvgIpc) is 2.37. The molecular formula is C14H18O4. The Hall–Kier alpha value is -1.84. The van der Waals surface area contributed by atoms with Gasteiger partial charge in [0.05, 0.1) is 12.2 Å². The van der Waals surface area contributed by atoms with Crippen molar-refractivity contribution in [1.29, 1.82) is 0 Å². The molecule has 0 saturated heterocycles. The molecule has 18 heavy (non-hydrogen) atoms. The van der Waals surface area contributed by atoms with Crippen molar-refractivity contribution >= 4 is 11.9 Å². The number of ether oxygens (including phenoxy) is 2. The number of hydrogen-bond acceptors (Lipinski definition) is 4. The van der Waals surface area contributed by atoms with Crippen LogP contribution in [-0.2, 0) is 20.7 Å². The molecule has 0 saturated carbocycles. The lowest BCUT2D eigenvalue weighted by molar-refractivity contribution is -0.146. The highest BCUT2D eigenvalue weighted by atomic mass is 16.6. The first-order chi connectivity index (χ1) is 8.67. The summed E-state index contributed by atoms with van der Waals surface area (Å²) >= 11 is 0. The van der Waals surface area contributed by atoms with Crippen LogP contribution in [0.15, 0.2) is 24.3 Å². The molecule has 0 aromatic heterocycles. The molecule has 0 aliphatic carbocycles. The second kappa shape index (κ2) is 7.48. The zero-order valence-corrected chi connectivity index (χ0v) is 10.8. The predicted octanol–water partition coefficient (Wildman–Crippen LogP) is 2.36. The van der Waals surface area contributed by atoms with E-state index in [9.17, 15) is 9.59 Å². The maximum Gasteiger partial charge on any atom is 0.344 e. The van der Waals surface area contributed by atoms with E-state index in [4.69, 9.17) is 4.74 Å². The van der Waals surface area contributed by atoms with Gasteiger partial charge in [-0.25, -0.2) is 9.59 Å². The number of hydrogen-bond donors (Lipinski definition) is 0. The zero-order valence-electron chi connectivity index (χ0n) is 10.8. The largest absolute Gasteiger partial charge is 0.463 e. The van der Waals surface area contributed by atoms with Gasteiger partial charge in [-0.2, -0.15) is 0 Å². The third-order valence-electron chi connectivity index (χ3n) is 2.35. The summed E-state index contributed by atoms with van der Waals surface area (Å²) in [7, 11) is 0. The van der Waals surface area contributed by atoms with Crippen LogP contribution in [0.5, 0.6) is 0 Å². The Morgan fingerprint density at radius 2 is 1.72 bits per heavy atom. The van der Waals surface area contributed by atoms with Gasteiger partial charge in [0.2, 0.25) is 0 Å². The third-order valence-corrected chi connectivity index (χ3v) is 2.35. The van der Waals surface area contributed by atoms with Gasteiger partial charge in [-0.1, -0.05) is 25.5 Å². The van der Waals surface area contributed by atoms with Gasteiger partial charge >= 0.3 is 11.9 Å². The molecule has 0 amide bonds. The maximum atomic E-state index is 11.6. The summed E-state index contributed by atoms with van der Waals surface area (Å²) in [5, 5.41) is 0. The van der Waals surface area contributed by atoms with Crippen LogP contribution in [0, 0.1) is 0 Å². The molecule has 0 aliphatic rings. The van der Waals surface area contributed by atoms with E-state index >= 15 is 0 Å². The van der Waals surface area contributed by atoms with Gasteiger partial charge in [0.15, 0.2) is 6.61 Å². The lowest BCUT2D eigenvalue weighted by Crippen LogP contribution is -2.16. The standard InChI is InChI=1S/C14H18O4/c1-3-5-11-6-8-12(9-7-11)14(16)18-10-13(15)17-4-2/h6-9H,3-5,10H2,1-2H3. The highest BCUT2D eigenvalue weighted by molar-refractivity contribution is 5.90. The second-order valence-electron chi connectivity index (χ2n) is 3.83. The minimum absolute atomic E-state index is 0.280. The Morgan fingerprint density at radius 3 is 2.28 bits per heavy atom. The summed E-state index contributed by atoms with van der Waals surface area (Å²) in [5.41, 5.74) is 1.62. The molecule has 1 aromatic carbocycles. The van der Waals surface area contributed by atoms with Crippen molar-refractivity contribution in [3.8, 4) is 0 Å². The summed E-state index contributed by atoms with van der Waals surface area (Å²) in [6.45, 7) is 3.74. The number of carbonyl (C=O) groups excluding carboxylic acids is 2. The fourth-order valence-electron chi connectivity index (χ4n) is 1.51. The van der Waals surface area contributed by atoms with Crippen LogP contribution in [0.25, 0.3) is 0 Å². The maximum absolute atomic E-state index is 11.6. The average molecular weight is 250 g/mol. The minimum Gasteiger partial charge on any atom is -0.463 e. The lowest BCUT2D eigenvalue weighted by Gasteiger charge is -2.05. The number of rotatable bonds is 6. The van der Waals surface area contributed by atoms with Gasteiger partial charge in [-0.3, -0.25) is 0 Å². The number of benzene rings is 1. The van der Waals surface area contributed by atoms with Crippen LogP contribution >= 0.6 is 0 Å². The molecule has 0 radical (unpaired) electrons. The van der Waals surface area contributed by atoms with E-state index in [1.54, 1.807) is 19.1 Å². The monoisotopic (exact) mass is 250 g/mol. The Balaban J connectivity index is 2.48. The first-order valence-corrected chi connectivity index (χ1v) is 6.09. The summed E-state index contributed by atoms with van der Waals surface area (Å²) in [6, 6.07) is 7.20. The molecule has 0 unspecified atom stereocenters. The summed E-state index contributed by atoms with van der Waals surface area (Å²) < 4.78 is 9.49. The van der Waals surface area contributed by atoms with Crippen LogP contribution in [0.2, 0.25) is 0 Å². The van der Waals surface area contributed by atoms with Crippen LogP contribution < -0.4 is 0 Å². The fourth-order valence-corrected chi connectivity index (χ4v) is 1.51. The van der Waals surface area contributed by atoms with Crippen molar-refractivity contribution in [2.24, 2.45) is 0 Å². The first kappa shape index (κ1) is 14.2. The van der Waals surface area contributed by atoms with Crippen LogP contribution in [0.3, 0.4) is 0 Å². The highest BCUT2D eigenvalue weighted by Crippen LogP contribution is 2.08. The molecule has 98 valence electrons. The van der Waals surface area contributed by atoms with E-state index in [-0.39, 0.29) is 13.2 Å². The van der Waals surface area contributed by atoms with Crippen molar-refractivity contribution in [3.05, 3.63) is 35.4 Å². The smallest absolute Gasteiger partial charge is 0.344 e. The lowest BCUT2D eigenvalue weighted by atomic mass is 10.1. The van der Waals surface area contributed by atoms with E-state index in [2.05, 4.69) is 11.7 Å². The molecule has 0 spiro atoms. The molecule has 4 nitrogen and oxygen atoms in total. The fraction of sp³-hybridized carbons (Fsp3) is 0.429. The molecule has 0 atom stereocenters. The summed E-state index contributed by atoms with van der Waals surface area (Å²) in [4.78, 5) is 22.6. The van der Waals surface area contributed by atoms with Crippen LogP contribution in [-0.4, -0.2) is 25.2 Å². The first-order valence-electron chi connectivity index (χ1n) is 6.09. The van der Waals surface area contributed by atoms with Crippen molar-refractivity contribution in [3.63, 3.8) is 0 Å². The second-order valence-corrected chi connectivity index (χ2v) is 3.83. The van der Waals surface area contributed by atoms with Crippen LogP contribution in [0.4, 0.5) is 0 Å². The molecule has 0 fully saturated rings. The summed E-state index contributed by atoms with van der Waals surface area (Å²) in [5.74, 6) is -1.04. The topological polar surface area (TPSA) is 52.6 Å². The quantitative estimate of drug-likeness (QED) is 0.727. The number of carbonyl (C=O) groups is 2. The van der Waals surface area contributed by atoms with Crippen molar-refractivity contribution < 1.29 is 19.1 Å². The molecule has 1 rings (SSSR count). The molecule has 0 aliphatic heterocycles. The van der Waals surface area contributed by atoms with E-state index in [1.807, 2.05) is 12.1 Å². The minimum atomic E-state index is -0.534. The summed E-state index contributed by atoms with van der Waals surface area (Å²) in [6.07, 6.45) is 2.05. The molecular weight excluding hydrogens is 232 g/mol. The zero-order chi connectivity index (χ0) is 13.4. The van der Waals surface area contributed by atoms with Crippen molar-refractivity contribution in [2.75, 3.05) is 13.2 Å². The third kappa shape index (κ3) is 4.57. The van der Waals surface area contributed by atoms with Gasteiger partial charge in [-0.05, 0) is 31.0 Å². The van der Waals surface area contributed by atoms with Crippen LogP contribution in [0.1, 0.15) is 36.2 Å². The highest BCUT2D eigenvalue weighted by Gasteiger charge is 2.10. The van der Waals surface area contributed by atoms with Gasteiger partial charge in [0, 0.05) is 0 Å². The van der Waals surface area contributed by atoms with Gasteiger partial charge in [0.1, 0.15) is 0 Å². The Morgan fingerprint density at radius 1 is 1.06 bits per heavy atom. The van der Waals surface area contributed by atoms with E-state index < -0.39 is 11.9 Å². The normalized spacial score (nSPS) is 9.89. The van der Waals surface area contributed by atoms with Crippen molar-refractivity contribution in [2.45, 2.75) is 26.7 Å². The molecule has 0 N–H and O–H groups in total. The molecule has 0 bridgehead atoms. The number of aryl methyl sites for hydroxylation is 1. The Bertz CT molecular complexity index is 395. The van der Waals surface area contributed by atoms with E-state index in [0.29, 0.717) is 5.56 Å². The van der Waals surface area contributed by atoms with Gasteiger partial charge in [-0.15, -0.1) is 0 Å².